The number of H-pyrrole nitrogens is 2. The predicted octanol–water partition coefficient (Wildman–Crippen LogP) is -0.535. The average Bonchev–Trinajstić information content (AvgIpc) is 2.81. The van der Waals surface area contributed by atoms with Crippen molar-refractivity contribution in [2.45, 2.75) is 6.54 Å². The van der Waals surface area contributed by atoms with Crippen molar-refractivity contribution in [3.8, 4) is 0 Å². The molecular formula is C10H12N6O2. The van der Waals surface area contributed by atoms with Crippen molar-refractivity contribution < 1.29 is 4.79 Å². The van der Waals surface area contributed by atoms with E-state index in [0.717, 1.165) is 0 Å². The van der Waals surface area contributed by atoms with Gasteiger partial charge in [0.15, 0.2) is 0 Å². The van der Waals surface area contributed by atoms with Gasteiger partial charge in [0, 0.05) is 13.2 Å². The molecule has 0 fully saturated rings. The molecule has 0 aliphatic rings. The van der Waals surface area contributed by atoms with Gasteiger partial charge < -0.3 is 10.6 Å². The molecule has 0 aliphatic carbocycles. The number of rotatable bonds is 4. The van der Waals surface area contributed by atoms with Crippen molar-refractivity contribution in [2.75, 3.05) is 12.4 Å². The summed E-state index contributed by atoms with van der Waals surface area (Å²) in [5, 5.41) is 11.4. The first-order chi connectivity index (χ1) is 8.70. The fourth-order valence-electron chi connectivity index (χ4n) is 1.44. The Bertz CT molecular complexity index is 602. The molecule has 0 radical (unpaired) electrons. The lowest BCUT2D eigenvalue weighted by molar-refractivity contribution is 0.0950. The molecule has 0 aromatic carbocycles. The molecule has 2 aromatic heterocycles. The van der Waals surface area contributed by atoms with Gasteiger partial charge in [-0.3, -0.25) is 9.78 Å². The van der Waals surface area contributed by atoms with Crippen LogP contribution in [0, 0.1) is 0 Å². The van der Waals surface area contributed by atoms with Crippen LogP contribution >= 0.6 is 0 Å². The molecule has 0 aliphatic heterocycles. The van der Waals surface area contributed by atoms with E-state index < -0.39 is 5.69 Å². The molecular weight excluding hydrogens is 236 g/mol. The lowest BCUT2D eigenvalue weighted by atomic mass is 10.2. The van der Waals surface area contributed by atoms with Crippen LogP contribution in [0.5, 0.6) is 0 Å². The summed E-state index contributed by atoms with van der Waals surface area (Å²) >= 11 is 0. The third-order valence-electron chi connectivity index (χ3n) is 2.26. The van der Waals surface area contributed by atoms with Crippen LogP contribution in [0.3, 0.4) is 0 Å². The van der Waals surface area contributed by atoms with Crippen molar-refractivity contribution in [3.05, 3.63) is 40.2 Å². The van der Waals surface area contributed by atoms with Gasteiger partial charge in [0.2, 0.25) is 0 Å². The summed E-state index contributed by atoms with van der Waals surface area (Å²) in [6.45, 7) is 0.135. The van der Waals surface area contributed by atoms with E-state index >= 15 is 0 Å². The zero-order chi connectivity index (χ0) is 13.0. The smallest absolute Gasteiger partial charge is 0.340 e. The molecule has 8 heteroatoms. The van der Waals surface area contributed by atoms with Gasteiger partial charge in [0.25, 0.3) is 5.91 Å². The Morgan fingerprint density at radius 1 is 1.50 bits per heavy atom. The number of aromatic amines is 2. The van der Waals surface area contributed by atoms with E-state index in [2.05, 4.69) is 30.8 Å². The molecule has 1 amide bonds. The van der Waals surface area contributed by atoms with Gasteiger partial charge in [-0.25, -0.2) is 14.9 Å². The van der Waals surface area contributed by atoms with Crippen molar-refractivity contribution in [2.24, 2.45) is 0 Å². The highest BCUT2D eigenvalue weighted by atomic mass is 16.2. The third kappa shape index (κ3) is 2.54. The third-order valence-corrected chi connectivity index (χ3v) is 2.26. The van der Waals surface area contributed by atoms with Crippen LogP contribution in [-0.4, -0.2) is 33.1 Å². The number of hydrogen-bond donors (Lipinski definition) is 4. The number of aromatic nitrogens is 4. The fourth-order valence-corrected chi connectivity index (χ4v) is 1.44. The zero-order valence-corrected chi connectivity index (χ0v) is 9.65. The standard InChI is InChI=1S/C10H12N6O2/c1-11-8-6(3-2-4-12-8)9(17)13-5-7-14-10(18)16-15-7/h2-4H,5H2,1H3,(H,11,12)(H,13,17)(H2,14,15,16,18). The molecule has 94 valence electrons. The van der Waals surface area contributed by atoms with Gasteiger partial charge in [-0.15, -0.1) is 0 Å². The van der Waals surface area contributed by atoms with E-state index in [1.807, 2.05) is 0 Å². The van der Waals surface area contributed by atoms with Crippen molar-refractivity contribution in [3.63, 3.8) is 0 Å². The SMILES string of the molecule is CNc1ncccc1C(=O)NCc1n[nH]c(=O)[nH]1. The quantitative estimate of drug-likeness (QED) is 0.580. The second-order valence-electron chi connectivity index (χ2n) is 3.46. The topological polar surface area (TPSA) is 116 Å². The number of pyridine rings is 1. The molecule has 0 saturated carbocycles. The number of anilines is 1. The van der Waals surface area contributed by atoms with Gasteiger partial charge in [-0.05, 0) is 12.1 Å². The highest BCUT2D eigenvalue weighted by Gasteiger charge is 2.11. The lowest BCUT2D eigenvalue weighted by Gasteiger charge is -2.07. The summed E-state index contributed by atoms with van der Waals surface area (Å²) in [4.78, 5) is 29.2. The van der Waals surface area contributed by atoms with Crippen LogP contribution in [0.2, 0.25) is 0 Å². The Balaban J connectivity index is 2.05. The van der Waals surface area contributed by atoms with Crippen molar-refractivity contribution in [1.82, 2.24) is 25.5 Å². The number of carbonyl (C=O) groups excluding carboxylic acids is 1. The zero-order valence-electron chi connectivity index (χ0n) is 9.65. The van der Waals surface area contributed by atoms with Gasteiger partial charge in [-0.1, -0.05) is 0 Å². The fraction of sp³-hybridized carbons (Fsp3) is 0.200. The van der Waals surface area contributed by atoms with Crippen molar-refractivity contribution >= 4 is 11.7 Å². The minimum Gasteiger partial charge on any atom is -0.372 e. The first-order valence-electron chi connectivity index (χ1n) is 5.25. The molecule has 8 nitrogen and oxygen atoms in total. The number of hydrogen-bond acceptors (Lipinski definition) is 5. The summed E-state index contributed by atoms with van der Waals surface area (Å²) in [6, 6.07) is 3.33. The van der Waals surface area contributed by atoms with Crippen LogP contribution in [0.1, 0.15) is 16.2 Å². The number of nitrogens with one attached hydrogen (secondary N) is 4. The van der Waals surface area contributed by atoms with E-state index in [4.69, 9.17) is 0 Å². The van der Waals surface area contributed by atoms with E-state index in [1.165, 1.54) is 0 Å². The van der Waals surface area contributed by atoms with E-state index in [1.54, 1.807) is 25.4 Å². The Morgan fingerprint density at radius 2 is 2.33 bits per heavy atom. The van der Waals surface area contributed by atoms with Crippen LogP contribution in [0.15, 0.2) is 23.1 Å². The molecule has 4 N–H and O–H groups in total. The molecule has 0 atom stereocenters. The molecule has 0 unspecified atom stereocenters. The van der Waals surface area contributed by atoms with E-state index in [0.29, 0.717) is 17.2 Å². The second-order valence-corrected chi connectivity index (χ2v) is 3.46. The minimum atomic E-state index is -0.406. The Hall–Kier alpha value is -2.64. The maximum Gasteiger partial charge on any atom is 0.340 e. The van der Waals surface area contributed by atoms with Crippen LogP contribution in [-0.2, 0) is 6.54 Å². The van der Waals surface area contributed by atoms with E-state index in [-0.39, 0.29) is 12.5 Å². The maximum absolute atomic E-state index is 11.9. The highest BCUT2D eigenvalue weighted by molar-refractivity contribution is 5.98. The summed E-state index contributed by atoms with van der Waals surface area (Å²) in [6.07, 6.45) is 1.59. The molecule has 0 saturated heterocycles. The average molecular weight is 248 g/mol. The van der Waals surface area contributed by atoms with Crippen LogP contribution in [0.25, 0.3) is 0 Å². The Morgan fingerprint density at radius 3 is 3.00 bits per heavy atom. The monoisotopic (exact) mass is 248 g/mol. The molecule has 2 aromatic rings. The molecule has 18 heavy (non-hydrogen) atoms. The van der Waals surface area contributed by atoms with Gasteiger partial charge >= 0.3 is 5.69 Å². The minimum absolute atomic E-state index is 0.135. The number of amides is 1. The largest absolute Gasteiger partial charge is 0.372 e. The van der Waals surface area contributed by atoms with E-state index in [9.17, 15) is 9.59 Å². The molecule has 2 heterocycles. The van der Waals surface area contributed by atoms with Gasteiger partial charge in [0.1, 0.15) is 11.6 Å². The maximum atomic E-state index is 11.9. The first-order valence-corrected chi connectivity index (χ1v) is 5.25. The van der Waals surface area contributed by atoms with Gasteiger partial charge in [0.05, 0.1) is 12.1 Å². The Kier molecular flexibility index (Phi) is 3.37. The summed E-state index contributed by atoms with van der Waals surface area (Å²) < 4.78 is 0. The summed E-state index contributed by atoms with van der Waals surface area (Å²) in [7, 11) is 1.68. The molecule has 0 spiro atoms. The summed E-state index contributed by atoms with van der Waals surface area (Å²) in [5.74, 6) is 0.560. The first kappa shape index (κ1) is 11.8. The second kappa shape index (κ2) is 5.13. The summed E-state index contributed by atoms with van der Waals surface area (Å²) in [5.41, 5.74) is 0.0226. The normalized spacial score (nSPS) is 10.1. The van der Waals surface area contributed by atoms with Gasteiger partial charge in [-0.2, -0.15) is 5.10 Å². The number of carbonyl (C=O) groups is 1. The lowest BCUT2D eigenvalue weighted by Crippen LogP contribution is -2.24. The van der Waals surface area contributed by atoms with Crippen LogP contribution in [0.4, 0.5) is 5.82 Å². The Labute approximate surface area is 102 Å². The molecule has 2 rings (SSSR count). The molecule has 0 bridgehead atoms. The number of nitrogens with zero attached hydrogens (tertiary/aromatic N) is 2. The highest BCUT2D eigenvalue weighted by Crippen LogP contribution is 2.09. The predicted molar refractivity (Wildman–Crippen MR) is 64.2 cm³/mol. The van der Waals surface area contributed by atoms with Crippen LogP contribution < -0.4 is 16.3 Å². The van der Waals surface area contributed by atoms with Crippen molar-refractivity contribution in [1.29, 1.82) is 0 Å².